The number of rotatable bonds is 10. The van der Waals surface area contributed by atoms with E-state index < -0.39 is 0 Å². The highest BCUT2D eigenvalue weighted by molar-refractivity contribution is 6.32. The molecule has 4 heteroatoms. The molecule has 0 saturated carbocycles. The van der Waals surface area contributed by atoms with Crippen LogP contribution in [0.5, 0.6) is 11.5 Å². The lowest BCUT2D eigenvalue weighted by atomic mass is 10.1. The van der Waals surface area contributed by atoms with Crippen molar-refractivity contribution in [1.82, 2.24) is 0 Å². The Morgan fingerprint density at radius 2 is 1.71 bits per heavy atom. The van der Waals surface area contributed by atoms with Gasteiger partial charge in [0.1, 0.15) is 17.6 Å². The molecule has 0 aromatic heterocycles. The first kappa shape index (κ1) is 20.1. The molecule has 0 amide bonds. The number of benzene rings is 3. The molecular formula is C24H26ClNO2. The number of hydrogen-bond donors (Lipinski definition) is 1. The predicted molar refractivity (Wildman–Crippen MR) is 117 cm³/mol. The maximum Gasteiger partial charge on any atom is 0.138 e. The SMILES string of the molecule is C[C@H](CNc1cccc(OCCCc2ccccc2)c1)Oc1ccccc1Cl. The van der Waals surface area contributed by atoms with Crippen LogP contribution in [0.1, 0.15) is 18.9 Å². The Labute approximate surface area is 172 Å². The first-order valence-corrected chi connectivity index (χ1v) is 10.0. The van der Waals surface area contributed by atoms with Crippen molar-refractivity contribution in [2.75, 3.05) is 18.5 Å². The van der Waals surface area contributed by atoms with E-state index in [2.05, 4.69) is 29.6 Å². The number of halogens is 1. The summed E-state index contributed by atoms with van der Waals surface area (Å²) in [5.41, 5.74) is 2.35. The maximum atomic E-state index is 6.14. The van der Waals surface area contributed by atoms with Crippen molar-refractivity contribution in [2.24, 2.45) is 0 Å². The van der Waals surface area contributed by atoms with Gasteiger partial charge in [0.15, 0.2) is 0 Å². The van der Waals surface area contributed by atoms with E-state index in [1.807, 2.05) is 61.5 Å². The molecule has 0 spiro atoms. The van der Waals surface area contributed by atoms with Crippen molar-refractivity contribution in [3.8, 4) is 11.5 Å². The summed E-state index contributed by atoms with van der Waals surface area (Å²) in [5.74, 6) is 1.58. The van der Waals surface area contributed by atoms with E-state index in [9.17, 15) is 0 Å². The average Bonchev–Trinajstić information content (AvgIpc) is 2.73. The zero-order chi connectivity index (χ0) is 19.6. The third kappa shape index (κ3) is 6.50. The minimum absolute atomic E-state index is 0.0182. The smallest absolute Gasteiger partial charge is 0.138 e. The minimum Gasteiger partial charge on any atom is -0.494 e. The van der Waals surface area contributed by atoms with E-state index in [-0.39, 0.29) is 6.10 Å². The Morgan fingerprint density at radius 3 is 2.54 bits per heavy atom. The van der Waals surface area contributed by atoms with Crippen LogP contribution >= 0.6 is 11.6 Å². The van der Waals surface area contributed by atoms with Crippen LogP contribution in [0.3, 0.4) is 0 Å². The van der Waals surface area contributed by atoms with Crippen LogP contribution in [0.15, 0.2) is 78.9 Å². The van der Waals surface area contributed by atoms with Crippen LogP contribution in [0.4, 0.5) is 5.69 Å². The van der Waals surface area contributed by atoms with Crippen LogP contribution in [0.2, 0.25) is 5.02 Å². The average molecular weight is 396 g/mol. The molecule has 0 bridgehead atoms. The van der Waals surface area contributed by atoms with E-state index in [0.717, 1.165) is 24.3 Å². The van der Waals surface area contributed by atoms with Crippen LogP contribution in [-0.4, -0.2) is 19.3 Å². The number of hydrogen-bond acceptors (Lipinski definition) is 3. The highest BCUT2D eigenvalue weighted by Gasteiger charge is 2.07. The number of anilines is 1. The Kier molecular flexibility index (Phi) is 7.62. The topological polar surface area (TPSA) is 30.5 Å². The van der Waals surface area contributed by atoms with E-state index >= 15 is 0 Å². The van der Waals surface area contributed by atoms with Gasteiger partial charge in [0.25, 0.3) is 0 Å². The molecule has 3 rings (SSSR count). The molecule has 28 heavy (non-hydrogen) atoms. The fourth-order valence-corrected chi connectivity index (χ4v) is 3.05. The van der Waals surface area contributed by atoms with E-state index in [0.29, 0.717) is 23.9 Å². The Bertz CT molecular complexity index is 854. The third-order valence-corrected chi connectivity index (χ3v) is 4.63. The van der Waals surface area contributed by atoms with Crippen molar-refractivity contribution in [1.29, 1.82) is 0 Å². The summed E-state index contributed by atoms with van der Waals surface area (Å²) in [4.78, 5) is 0. The molecule has 0 fully saturated rings. The molecule has 0 aliphatic heterocycles. The van der Waals surface area contributed by atoms with Gasteiger partial charge in [-0.25, -0.2) is 0 Å². The van der Waals surface area contributed by atoms with Gasteiger partial charge >= 0.3 is 0 Å². The molecule has 0 heterocycles. The molecule has 3 nitrogen and oxygen atoms in total. The molecule has 3 aromatic carbocycles. The number of ether oxygens (including phenoxy) is 2. The number of nitrogens with one attached hydrogen (secondary N) is 1. The zero-order valence-electron chi connectivity index (χ0n) is 16.1. The van der Waals surface area contributed by atoms with Crippen molar-refractivity contribution in [2.45, 2.75) is 25.9 Å². The lowest BCUT2D eigenvalue weighted by Crippen LogP contribution is -2.22. The molecule has 1 N–H and O–H groups in total. The summed E-state index contributed by atoms with van der Waals surface area (Å²) in [5, 5.41) is 4.02. The van der Waals surface area contributed by atoms with E-state index in [1.54, 1.807) is 0 Å². The van der Waals surface area contributed by atoms with Gasteiger partial charge in [0.2, 0.25) is 0 Å². The summed E-state index contributed by atoms with van der Waals surface area (Å²) in [6.45, 7) is 3.38. The van der Waals surface area contributed by atoms with Crippen molar-refractivity contribution >= 4 is 17.3 Å². The van der Waals surface area contributed by atoms with Gasteiger partial charge in [0, 0.05) is 11.8 Å². The van der Waals surface area contributed by atoms with Gasteiger partial charge < -0.3 is 14.8 Å². The summed E-state index contributed by atoms with van der Waals surface area (Å²) in [7, 11) is 0. The summed E-state index contributed by atoms with van der Waals surface area (Å²) >= 11 is 6.14. The monoisotopic (exact) mass is 395 g/mol. The Hall–Kier alpha value is -2.65. The second-order valence-corrected chi connectivity index (χ2v) is 7.11. The summed E-state index contributed by atoms with van der Waals surface area (Å²) < 4.78 is 11.8. The van der Waals surface area contributed by atoms with Crippen LogP contribution in [0, 0.1) is 0 Å². The molecule has 0 radical (unpaired) electrons. The van der Waals surface area contributed by atoms with E-state index in [4.69, 9.17) is 21.1 Å². The highest BCUT2D eigenvalue weighted by Crippen LogP contribution is 2.24. The first-order chi connectivity index (χ1) is 13.7. The first-order valence-electron chi connectivity index (χ1n) is 9.62. The minimum atomic E-state index is -0.0182. The van der Waals surface area contributed by atoms with Crippen molar-refractivity contribution in [3.63, 3.8) is 0 Å². The zero-order valence-corrected chi connectivity index (χ0v) is 16.9. The molecular weight excluding hydrogens is 370 g/mol. The number of para-hydroxylation sites is 1. The lowest BCUT2D eigenvalue weighted by Gasteiger charge is -2.17. The van der Waals surface area contributed by atoms with E-state index in [1.165, 1.54) is 5.56 Å². The molecule has 0 aliphatic carbocycles. The summed E-state index contributed by atoms with van der Waals surface area (Å²) in [6, 6.07) is 26.0. The quantitative estimate of drug-likeness (QED) is 0.412. The van der Waals surface area contributed by atoms with Crippen molar-refractivity contribution < 1.29 is 9.47 Å². The Morgan fingerprint density at radius 1 is 0.929 bits per heavy atom. The normalized spacial score (nSPS) is 11.6. The van der Waals surface area contributed by atoms with Gasteiger partial charge in [-0.15, -0.1) is 0 Å². The maximum absolute atomic E-state index is 6.14. The third-order valence-electron chi connectivity index (χ3n) is 4.31. The van der Waals surface area contributed by atoms with Crippen molar-refractivity contribution in [3.05, 3.63) is 89.4 Å². The molecule has 3 aromatic rings. The second kappa shape index (κ2) is 10.6. The van der Waals surface area contributed by atoms with Crippen LogP contribution < -0.4 is 14.8 Å². The fourth-order valence-electron chi connectivity index (χ4n) is 2.87. The van der Waals surface area contributed by atoms with Gasteiger partial charge in [-0.3, -0.25) is 0 Å². The second-order valence-electron chi connectivity index (χ2n) is 6.71. The van der Waals surface area contributed by atoms with Crippen LogP contribution in [-0.2, 0) is 6.42 Å². The predicted octanol–water partition coefficient (Wildman–Crippen LogP) is 6.23. The number of aryl methyl sites for hydroxylation is 1. The Balaban J connectivity index is 1.42. The van der Waals surface area contributed by atoms with Crippen LogP contribution in [0.25, 0.3) is 0 Å². The van der Waals surface area contributed by atoms with Gasteiger partial charge in [-0.1, -0.05) is 60.1 Å². The highest BCUT2D eigenvalue weighted by atomic mass is 35.5. The lowest BCUT2D eigenvalue weighted by molar-refractivity contribution is 0.235. The van der Waals surface area contributed by atoms with Gasteiger partial charge in [-0.05, 0) is 49.6 Å². The van der Waals surface area contributed by atoms with Gasteiger partial charge in [-0.2, -0.15) is 0 Å². The molecule has 1 atom stereocenters. The molecule has 0 saturated heterocycles. The molecule has 0 aliphatic rings. The van der Waals surface area contributed by atoms with Gasteiger partial charge in [0.05, 0.1) is 18.2 Å². The fraction of sp³-hybridized carbons (Fsp3) is 0.250. The molecule has 146 valence electrons. The standard InChI is InChI=1S/C24H26ClNO2/c1-19(28-24-15-6-5-14-23(24)25)18-26-21-12-7-13-22(17-21)27-16-8-11-20-9-3-2-4-10-20/h2-7,9-10,12-15,17,19,26H,8,11,16,18H2,1H3/t19-/m1/s1. The molecule has 0 unspecified atom stereocenters. The summed E-state index contributed by atoms with van der Waals surface area (Å²) in [6.07, 6.45) is 2.00. The largest absolute Gasteiger partial charge is 0.494 e.